The summed E-state index contributed by atoms with van der Waals surface area (Å²) in [4.78, 5) is 16.7. The van der Waals surface area contributed by atoms with Crippen molar-refractivity contribution in [1.29, 1.82) is 5.26 Å². The third-order valence-electron chi connectivity index (χ3n) is 4.28. The Morgan fingerprint density at radius 2 is 1.86 bits per heavy atom. The van der Waals surface area contributed by atoms with Crippen molar-refractivity contribution in [3.63, 3.8) is 0 Å². The third-order valence-corrected chi connectivity index (χ3v) is 9.64. The SMILES string of the molecule is CCc1nc2c(OC(F)F)ccc(C(=O)Nc3c(C#N)cnn3C)c2o1.C[Si](C)(C)[N-][Si](C)(C)C.[Na+]. The minimum Gasteiger partial charge on any atom is -0.668 e. The Balaban J connectivity index is 0.000000557. The molecule has 190 valence electrons. The van der Waals surface area contributed by atoms with Crippen LogP contribution in [-0.4, -0.2) is 43.8 Å². The van der Waals surface area contributed by atoms with Crippen molar-refractivity contribution in [2.24, 2.45) is 7.05 Å². The summed E-state index contributed by atoms with van der Waals surface area (Å²) < 4.78 is 41.3. The van der Waals surface area contributed by atoms with Gasteiger partial charge in [0.15, 0.2) is 22.7 Å². The summed E-state index contributed by atoms with van der Waals surface area (Å²) in [5, 5.41) is 15.5. The maximum absolute atomic E-state index is 12.6. The molecule has 0 atom stereocenters. The van der Waals surface area contributed by atoms with Crippen LogP contribution in [0.1, 0.15) is 28.7 Å². The van der Waals surface area contributed by atoms with E-state index in [1.54, 1.807) is 14.0 Å². The van der Waals surface area contributed by atoms with Crippen LogP contribution < -0.4 is 39.6 Å². The second-order valence-electron chi connectivity index (χ2n) is 9.68. The molecule has 0 saturated heterocycles. The average Bonchev–Trinajstić information content (AvgIpc) is 3.29. The molecule has 3 rings (SSSR count). The molecular formula is C22H31F2N6NaO3Si2. The number of hydrogen-bond donors (Lipinski definition) is 1. The smallest absolute Gasteiger partial charge is 0.668 e. The molecule has 9 nitrogen and oxygen atoms in total. The summed E-state index contributed by atoms with van der Waals surface area (Å²) in [6.45, 7) is 12.5. The maximum Gasteiger partial charge on any atom is 1.00 e. The molecule has 0 fully saturated rings. The number of hydrogen-bond acceptors (Lipinski definition) is 6. The van der Waals surface area contributed by atoms with E-state index in [0.29, 0.717) is 6.42 Å². The largest absolute Gasteiger partial charge is 1.00 e. The van der Waals surface area contributed by atoms with Crippen LogP contribution in [0.4, 0.5) is 14.6 Å². The average molecular weight is 545 g/mol. The van der Waals surface area contributed by atoms with Crippen molar-refractivity contribution in [2.45, 2.75) is 59.2 Å². The Labute approximate surface area is 234 Å². The Bertz CT molecular complexity index is 1220. The molecule has 1 N–H and O–H groups in total. The molecule has 0 aliphatic carbocycles. The molecule has 2 heterocycles. The van der Waals surface area contributed by atoms with Crippen molar-refractivity contribution in [3.05, 3.63) is 40.0 Å². The van der Waals surface area contributed by atoms with Crippen LogP contribution in [0.15, 0.2) is 22.7 Å². The van der Waals surface area contributed by atoms with Crippen LogP contribution in [0.2, 0.25) is 39.3 Å². The first kappa shape index (κ1) is 31.9. The number of aryl methyl sites for hydroxylation is 2. The van der Waals surface area contributed by atoms with E-state index in [1.807, 2.05) is 6.07 Å². The summed E-state index contributed by atoms with van der Waals surface area (Å²) in [5.74, 6) is -0.308. The number of rotatable bonds is 7. The molecule has 14 heteroatoms. The molecule has 0 spiro atoms. The third kappa shape index (κ3) is 9.09. The van der Waals surface area contributed by atoms with Crippen molar-refractivity contribution in [1.82, 2.24) is 14.8 Å². The Kier molecular flexibility index (Phi) is 11.5. The van der Waals surface area contributed by atoms with Gasteiger partial charge in [-0.25, -0.2) is 4.98 Å². The number of halogens is 2. The van der Waals surface area contributed by atoms with Gasteiger partial charge in [-0.1, -0.05) is 62.7 Å². The van der Waals surface area contributed by atoms with E-state index < -0.39 is 29.0 Å². The zero-order valence-corrected chi connectivity index (χ0v) is 26.2. The van der Waals surface area contributed by atoms with E-state index in [4.69, 9.17) is 14.3 Å². The number of nitrogens with one attached hydrogen (secondary N) is 1. The fourth-order valence-electron chi connectivity index (χ4n) is 3.40. The molecule has 0 aliphatic rings. The van der Waals surface area contributed by atoms with Gasteiger partial charge in [-0.3, -0.25) is 9.48 Å². The number of carbonyl (C=O) groups is 1. The number of anilines is 1. The minimum absolute atomic E-state index is 0. The van der Waals surface area contributed by atoms with Crippen molar-refractivity contribution in [2.75, 3.05) is 5.32 Å². The number of fused-ring (bicyclic) bond motifs is 1. The summed E-state index contributed by atoms with van der Waals surface area (Å²) in [7, 11) is -0.647. The van der Waals surface area contributed by atoms with E-state index in [0.717, 1.165) is 0 Å². The van der Waals surface area contributed by atoms with Gasteiger partial charge in [0.05, 0.1) is 11.8 Å². The number of amides is 1. The van der Waals surface area contributed by atoms with Gasteiger partial charge in [0.2, 0.25) is 0 Å². The molecule has 1 amide bonds. The van der Waals surface area contributed by atoms with Crippen molar-refractivity contribution < 1.29 is 52.3 Å². The monoisotopic (exact) mass is 544 g/mol. The summed E-state index contributed by atoms with van der Waals surface area (Å²) in [5.41, 5.74) is 0.305. The van der Waals surface area contributed by atoms with Gasteiger partial charge in [0.25, 0.3) is 5.91 Å². The molecular weight excluding hydrogens is 513 g/mol. The van der Waals surface area contributed by atoms with Crippen LogP contribution >= 0.6 is 0 Å². The van der Waals surface area contributed by atoms with Gasteiger partial charge < -0.3 is 19.1 Å². The molecule has 0 saturated carbocycles. The second-order valence-corrected chi connectivity index (χ2v) is 19.3. The standard InChI is InChI=1S/C16H13F2N5O3.C6H18NSi2.Na/c1-3-11-21-12-10(25-16(17)18)5-4-9(13(12)26-11)15(24)22-14-8(6-19)7-20-23(14)2;1-8(2,3)7-9(4,5)6;/h4-5,7,16H,3H2,1-2H3,(H,22,24);1-6H3;/q;-1;+1. The number of benzene rings is 1. The predicted octanol–water partition coefficient (Wildman–Crippen LogP) is 2.88. The first-order valence-corrected chi connectivity index (χ1v) is 17.9. The number of nitriles is 1. The zero-order chi connectivity index (χ0) is 26.6. The quantitative estimate of drug-likeness (QED) is 0.457. The van der Waals surface area contributed by atoms with E-state index in [-0.39, 0.29) is 69.2 Å². The molecule has 2 aromatic heterocycles. The molecule has 36 heavy (non-hydrogen) atoms. The maximum atomic E-state index is 12.6. The Morgan fingerprint density at radius 1 is 1.25 bits per heavy atom. The van der Waals surface area contributed by atoms with Crippen molar-refractivity contribution >= 4 is 39.3 Å². The topological polar surface area (TPSA) is 120 Å². The number of ether oxygens (including phenoxy) is 1. The van der Waals surface area contributed by atoms with Crippen LogP contribution in [0.25, 0.3) is 15.7 Å². The Hall–Kier alpha value is -2.09. The van der Waals surface area contributed by atoms with E-state index in [1.165, 1.54) is 23.0 Å². The number of aromatic nitrogens is 3. The second kappa shape index (κ2) is 12.9. The Morgan fingerprint density at radius 3 is 2.33 bits per heavy atom. The number of nitrogens with zero attached hydrogens (tertiary/aromatic N) is 5. The summed E-state index contributed by atoms with van der Waals surface area (Å²) in [6, 6.07) is 4.43. The fourth-order valence-corrected chi connectivity index (χ4v) is 11.4. The van der Waals surface area contributed by atoms with Crippen LogP contribution in [-0.2, 0) is 13.5 Å². The normalized spacial score (nSPS) is 11.4. The molecule has 1 aromatic carbocycles. The first-order valence-electron chi connectivity index (χ1n) is 11.0. The van der Waals surface area contributed by atoms with E-state index in [9.17, 15) is 13.6 Å². The minimum atomic E-state index is -3.03. The van der Waals surface area contributed by atoms with Gasteiger partial charge in [-0.05, 0) is 12.1 Å². The van der Waals surface area contributed by atoms with Gasteiger partial charge in [0.1, 0.15) is 17.5 Å². The number of carbonyl (C=O) groups excluding carboxylic acids is 1. The van der Waals surface area contributed by atoms with Gasteiger partial charge >= 0.3 is 36.2 Å². The molecule has 0 aliphatic heterocycles. The molecule has 3 aromatic rings. The van der Waals surface area contributed by atoms with Crippen molar-refractivity contribution in [3.8, 4) is 11.8 Å². The molecule has 0 radical (unpaired) electrons. The van der Waals surface area contributed by atoms with Crippen LogP contribution in [0.3, 0.4) is 0 Å². The van der Waals surface area contributed by atoms with E-state index >= 15 is 0 Å². The molecule has 0 bridgehead atoms. The van der Waals surface area contributed by atoms with Gasteiger partial charge in [0, 0.05) is 13.5 Å². The zero-order valence-electron chi connectivity index (χ0n) is 22.2. The number of alkyl halides is 2. The van der Waals surface area contributed by atoms with Crippen LogP contribution in [0.5, 0.6) is 5.75 Å². The number of oxazole rings is 1. The van der Waals surface area contributed by atoms with Gasteiger partial charge in [-0.2, -0.15) is 19.1 Å². The van der Waals surface area contributed by atoms with Crippen LogP contribution in [0, 0.1) is 11.3 Å². The molecule has 0 unspecified atom stereocenters. The van der Waals surface area contributed by atoms with E-state index in [2.05, 4.69) is 59.4 Å². The summed E-state index contributed by atoms with van der Waals surface area (Å²) in [6.07, 6.45) is 1.72. The first-order chi connectivity index (χ1) is 16.1. The fraction of sp³-hybridized carbons (Fsp3) is 0.455. The summed E-state index contributed by atoms with van der Waals surface area (Å²) >= 11 is 0. The van der Waals surface area contributed by atoms with Gasteiger partial charge in [-0.15, -0.1) is 0 Å². The predicted molar refractivity (Wildman–Crippen MR) is 136 cm³/mol.